The summed E-state index contributed by atoms with van der Waals surface area (Å²) in [6.45, 7) is 1.18. The highest BCUT2D eigenvalue weighted by Gasteiger charge is 2.41. The van der Waals surface area contributed by atoms with Gasteiger partial charge in [-0.3, -0.25) is 4.79 Å². The van der Waals surface area contributed by atoms with Crippen molar-refractivity contribution in [1.29, 1.82) is 0 Å². The number of anilines is 1. The summed E-state index contributed by atoms with van der Waals surface area (Å²) in [6.07, 6.45) is 3.15. The quantitative estimate of drug-likeness (QED) is 0.599. The minimum Gasteiger partial charge on any atom is -0.381 e. The molecule has 1 aliphatic rings. The molecule has 0 atom stereocenters. The van der Waals surface area contributed by atoms with Crippen LogP contribution in [0.2, 0.25) is 0 Å². The normalized spacial score (nSPS) is 16.0. The first kappa shape index (κ1) is 18.3. The molecule has 0 unspecified atom stereocenters. The van der Waals surface area contributed by atoms with Crippen LogP contribution >= 0.6 is 27.3 Å². The van der Waals surface area contributed by atoms with Crippen LogP contribution in [0.3, 0.4) is 0 Å². The maximum Gasteiger partial charge on any atom is 0.235 e. The van der Waals surface area contributed by atoms with Gasteiger partial charge in [-0.15, -0.1) is 11.3 Å². The zero-order valence-electron chi connectivity index (χ0n) is 14.7. The molecule has 4 nitrogen and oxygen atoms in total. The van der Waals surface area contributed by atoms with E-state index in [1.807, 2.05) is 53.9 Å². The number of rotatable bonds is 4. The van der Waals surface area contributed by atoms with Gasteiger partial charge >= 0.3 is 0 Å². The van der Waals surface area contributed by atoms with Crippen molar-refractivity contribution in [2.75, 3.05) is 18.5 Å². The molecule has 1 aliphatic heterocycles. The number of amides is 1. The highest BCUT2D eigenvalue weighted by molar-refractivity contribution is 9.10. The van der Waals surface area contributed by atoms with Crippen LogP contribution in [0.15, 0.2) is 64.6 Å². The first-order valence-electron chi connectivity index (χ1n) is 8.83. The summed E-state index contributed by atoms with van der Waals surface area (Å²) >= 11 is 5.07. The Morgan fingerprint density at radius 2 is 1.78 bits per heavy atom. The molecule has 1 fully saturated rings. The summed E-state index contributed by atoms with van der Waals surface area (Å²) < 4.78 is 6.54. The van der Waals surface area contributed by atoms with Gasteiger partial charge in [0, 0.05) is 40.5 Å². The van der Waals surface area contributed by atoms with E-state index in [0.29, 0.717) is 26.1 Å². The number of halogens is 1. The van der Waals surface area contributed by atoms with E-state index in [-0.39, 0.29) is 5.91 Å². The number of ether oxygens (including phenoxy) is 1. The third kappa shape index (κ3) is 3.83. The summed E-state index contributed by atoms with van der Waals surface area (Å²) in [5.74, 6) is 0.0233. The molecule has 1 amide bonds. The Morgan fingerprint density at radius 1 is 1.07 bits per heavy atom. The Balaban J connectivity index is 1.58. The molecule has 2 heterocycles. The molecular weight excluding hydrogens is 424 g/mol. The maximum atomic E-state index is 13.3. The Morgan fingerprint density at radius 3 is 2.41 bits per heavy atom. The summed E-state index contributed by atoms with van der Waals surface area (Å²) in [6, 6.07) is 15.9. The van der Waals surface area contributed by atoms with Crippen molar-refractivity contribution in [2.45, 2.75) is 18.3 Å². The fourth-order valence-corrected chi connectivity index (χ4v) is 4.36. The molecule has 3 aromatic rings. The van der Waals surface area contributed by atoms with E-state index in [2.05, 4.69) is 26.2 Å². The van der Waals surface area contributed by atoms with Crippen LogP contribution in [0.4, 0.5) is 5.69 Å². The number of benzene rings is 2. The number of carbonyl (C=O) groups is 1. The number of nitrogens with zero attached hydrogens (tertiary/aromatic N) is 1. The topological polar surface area (TPSA) is 51.2 Å². The number of carbonyl (C=O) groups excluding carboxylic acids is 1. The largest absolute Gasteiger partial charge is 0.381 e. The average Bonchev–Trinajstić information content (AvgIpc) is 3.24. The minimum atomic E-state index is -0.563. The summed E-state index contributed by atoms with van der Waals surface area (Å²) in [5.41, 5.74) is 2.32. The number of hydrogen-bond donors (Lipinski definition) is 1. The van der Waals surface area contributed by atoms with Crippen LogP contribution in [0.5, 0.6) is 0 Å². The number of thiazole rings is 1. The van der Waals surface area contributed by atoms with E-state index >= 15 is 0 Å². The average molecular weight is 443 g/mol. The van der Waals surface area contributed by atoms with Gasteiger partial charge in [0.15, 0.2) is 0 Å². The van der Waals surface area contributed by atoms with E-state index in [0.717, 1.165) is 26.3 Å². The molecule has 0 spiro atoms. The van der Waals surface area contributed by atoms with Crippen LogP contribution in [-0.2, 0) is 14.9 Å². The summed E-state index contributed by atoms with van der Waals surface area (Å²) in [4.78, 5) is 17.6. The van der Waals surface area contributed by atoms with Crippen LogP contribution in [0.25, 0.3) is 10.6 Å². The second-order valence-electron chi connectivity index (χ2n) is 6.57. The van der Waals surface area contributed by atoms with E-state index in [1.54, 1.807) is 17.5 Å². The van der Waals surface area contributed by atoms with Gasteiger partial charge in [0.05, 0.1) is 5.41 Å². The van der Waals surface area contributed by atoms with E-state index in [1.165, 1.54) is 0 Å². The van der Waals surface area contributed by atoms with Crippen molar-refractivity contribution in [3.8, 4) is 10.6 Å². The van der Waals surface area contributed by atoms with Crippen molar-refractivity contribution in [3.63, 3.8) is 0 Å². The van der Waals surface area contributed by atoms with E-state index in [9.17, 15) is 4.79 Å². The number of aromatic nitrogens is 1. The lowest BCUT2D eigenvalue weighted by Gasteiger charge is -2.36. The summed E-state index contributed by atoms with van der Waals surface area (Å²) in [5, 5.41) is 6.05. The Labute approximate surface area is 170 Å². The van der Waals surface area contributed by atoms with Crippen molar-refractivity contribution < 1.29 is 9.53 Å². The highest BCUT2D eigenvalue weighted by atomic mass is 79.9. The predicted octanol–water partition coefficient (Wildman–Crippen LogP) is 5.26. The van der Waals surface area contributed by atoms with Crippen LogP contribution in [0, 0.1) is 0 Å². The molecule has 2 aromatic carbocycles. The Kier molecular flexibility index (Phi) is 5.38. The second kappa shape index (κ2) is 7.92. The third-order valence-corrected chi connectivity index (χ3v) is 6.35. The fraction of sp³-hybridized carbons (Fsp3) is 0.238. The molecule has 138 valence electrons. The third-order valence-electron chi connectivity index (χ3n) is 5.00. The molecule has 27 heavy (non-hydrogen) atoms. The monoisotopic (exact) mass is 442 g/mol. The standard InChI is InChI=1S/C21H19BrN2O2S/c22-17-5-3-16(4-6-17)21(9-12-26-13-10-21)20(25)24-18-7-1-15(2-8-18)19-23-11-14-27-19/h1-8,11,14H,9-10,12-13H2,(H,24,25). The lowest BCUT2D eigenvalue weighted by atomic mass is 9.73. The van der Waals surface area contributed by atoms with Gasteiger partial charge in [0.25, 0.3) is 0 Å². The van der Waals surface area contributed by atoms with E-state index < -0.39 is 5.41 Å². The van der Waals surface area contributed by atoms with Crippen LogP contribution in [0.1, 0.15) is 18.4 Å². The van der Waals surface area contributed by atoms with Gasteiger partial charge in [-0.25, -0.2) is 4.98 Å². The minimum absolute atomic E-state index is 0.0233. The predicted molar refractivity (Wildman–Crippen MR) is 112 cm³/mol. The lowest BCUT2D eigenvalue weighted by Crippen LogP contribution is -2.44. The Bertz CT molecular complexity index is 902. The number of nitrogens with one attached hydrogen (secondary N) is 1. The fourth-order valence-electron chi connectivity index (χ4n) is 3.45. The van der Waals surface area contributed by atoms with Crippen molar-refractivity contribution in [1.82, 2.24) is 4.98 Å². The number of hydrogen-bond acceptors (Lipinski definition) is 4. The molecule has 0 radical (unpaired) electrons. The molecule has 0 bridgehead atoms. The van der Waals surface area contributed by atoms with Gasteiger partial charge in [0.2, 0.25) is 5.91 Å². The Hall–Kier alpha value is -2.02. The van der Waals surface area contributed by atoms with Crippen molar-refractivity contribution >= 4 is 38.9 Å². The molecule has 6 heteroatoms. The van der Waals surface area contributed by atoms with Crippen molar-refractivity contribution in [3.05, 3.63) is 70.1 Å². The first-order chi connectivity index (χ1) is 13.2. The van der Waals surface area contributed by atoms with Gasteiger partial charge in [-0.05, 0) is 54.8 Å². The lowest BCUT2D eigenvalue weighted by molar-refractivity contribution is -0.125. The molecule has 0 aliphatic carbocycles. The summed E-state index contributed by atoms with van der Waals surface area (Å²) in [7, 11) is 0. The van der Waals surface area contributed by atoms with Gasteiger partial charge in [0.1, 0.15) is 5.01 Å². The van der Waals surface area contributed by atoms with Gasteiger partial charge in [-0.1, -0.05) is 28.1 Å². The smallest absolute Gasteiger partial charge is 0.235 e. The van der Waals surface area contributed by atoms with Crippen LogP contribution in [-0.4, -0.2) is 24.1 Å². The highest BCUT2D eigenvalue weighted by Crippen LogP contribution is 2.37. The second-order valence-corrected chi connectivity index (χ2v) is 8.38. The van der Waals surface area contributed by atoms with Gasteiger partial charge < -0.3 is 10.1 Å². The van der Waals surface area contributed by atoms with Crippen molar-refractivity contribution in [2.24, 2.45) is 0 Å². The maximum absolute atomic E-state index is 13.3. The molecule has 0 saturated carbocycles. The molecule has 4 rings (SSSR count). The zero-order chi connectivity index (χ0) is 18.7. The molecular formula is C21H19BrN2O2S. The molecule has 1 N–H and O–H groups in total. The first-order valence-corrected chi connectivity index (χ1v) is 10.5. The zero-order valence-corrected chi connectivity index (χ0v) is 17.1. The molecule has 1 saturated heterocycles. The van der Waals surface area contributed by atoms with E-state index in [4.69, 9.17) is 4.74 Å². The van der Waals surface area contributed by atoms with Crippen LogP contribution < -0.4 is 5.32 Å². The molecule has 1 aromatic heterocycles. The van der Waals surface area contributed by atoms with Gasteiger partial charge in [-0.2, -0.15) is 0 Å². The SMILES string of the molecule is O=C(Nc1ccc(-c2nccs2)cc1)C1(c2ccc(Br)cc2)CCOCC1.